The molecule has 0 N–H and O–H groups in total. The fourth-order valence-corrected chi connectivity index (χ4v) is 2.61. The van der Waals surface area contributed by atoms with Gasteiger partial charge in [-0.3, -0.25) is 4.79 Å². The molecule has 1 aliphatic heterocycles. The number of cyclic esters (lactones) is 1. The van der Waals surface area contributed by atoms with Crippen molar-refractivity contribution < 1.29 is 28.6 Å². The highest BCUT2D eigenvalue weighted by Crippen LogP contribution is 2.40. The summed E-state index contributed by atoms with van der Waals surface area (Å²) in [6.07, 6.45) is 0.820. The molecule has 1 heterocycles. The van der Waals surface area contributed by atoms with Crippen LogP contribution in [0, 0.1) is 5.92 Å². The third-order valence-corrected chi connectivity index (χ3v) is 3.80. The number of hydrogen-bond donors (Lipinski definition) is 0. The molecule has 6 heteroatoms. The first kappa shape index (κ1) is 20.2. The molecule has 1 aliphatic rings. The Morgan fingerprint density at radius 1 is 1.33 bits per heavy atom. The predicted octanol–water partition coefficient (Wildman–Crippen LogP) is 2.94. The molecular weight excluding hydrogens is 312 g/mol. The second-order valence-electron chi connectivity index (χ2n) is 7.45. The summed E-state index contributed by atoms with van der Waals surface area (Å²) in [5.41, 5.74) is -1.64. The van der Waals surface area contributed by atoms with Crippen LogP contribution in [0.4, 0.5) is 0 Å². The summed E-state index contributed by atoms with van der Waals surface area (Å²) in [5.74, 6) is -3.06. The van der Waals surface area contributed by atoms with Gasteiger partial charge in [0.15, 0.2) is 0 Å². The Balaban J connectivity index is 3.14. The van der Waals surface area contributed by atoms with Crippen LogP contribution in [-0.4, -0.2) is 35.2 Å². The van der Waals surface area contributed by atoms with Crippen LogP contribution in [0.5, 0.6) is 0 Å². The van der Waals surface area contributed by atoms with Crippen LogP contribution < -0.4 is 0 Å². The summed E-state index contributed by atoms with van der Waals surface area (Å²) in [7, 11) is 0. The van der Waals surface area contributed by atoms with Crippen molar-refractivity contribution in [3.8, 4) is 0 Å². The second-order valence-corrected chi connectivity index (χ2v) is 7.45. The van der Waals surface area contributed by atoms with E-state index in [0.29, 0.717) is 6.42 Å². The fourth-order valence-electron chi connectivity index (χ4n) is 2.61. The van der Waals surface area contributed by atoms with Gasteiger partial charge in [-0.25, -0.2) is 9.59 Å². The van der Waals surface area contributed by atoms with Crippen LogP contribution in [0.2, 0.25) is 0 Å². The number of hydrogen-bond acceptors (Lipinski definition) is 6. The van der Waals surface area contributed by atoms with Gasteiger partial charge in [-0.2, -0.15) is 0 Å². The van der Waals surface area contributed by atoms with Gasteiger partial charge in [0, 0.05) is 5.57 Å². The van der Waals surface area contributed by atoms with Crippen molar-refractivity contribution in [3.63, 3.8) is 0 Å². The number of esters is 3. The van der Waals surface area contributed by atoms with Gasteiger partial charge in [-0.05, 0) is 47.5 Å². The molecular formula is C18H28O6. The summed E-state index contributed by atoms with van der Waals surface area (Å²) in [4.78, 5) is 36.8. The molecule has 0 spiro atoms. The van der Waals surface area contributed by atoms with Crippen LogP contribution in [0.25, 0.3) is 0 Å². The summed E-state index contributed by atoms with van der Waals surface area (Å²) in [6, 6.07) is 0. The van der Waals surface area contributed by atoms with Gasteiger partial charge >= 0.3 is 17.9 Å². The zero-order valence-corrected chi connectivity index (χ0v) is 15.4. The molecule has 24 heavy (non-hydrogen) atoms. The molecule has 0 saturated carbocycles. The Hall–Kier alpha value is -1.85. The Kier molecular flexibility index (Phi) is 6.20. The van der Waals surface area contributed by atoms with Gasteiger partial charge in [0.2, 0.25) is 6.10 Å². The van der Waals surface area contributed by atoms with Crippen LogP contribution in [0.15, 0.2) is 12.2 Å². The lowest BCUT2D eigenvalue weighted by molar-refractivity contribution is -0.171. The minimum absolute atomic E-state index is 0.146. The molecule has 1 saturated heterocycles. The minimum Gasteiger partial charge on any atom is -0.460 e. The zero-order valence-electron chi connectivity index (χ0n) is 15.4. The van der Waals surface area contributed by atoms with Crippen molar-refractivity contribution in [2.45, 2.75) is 78.1 Å². The average molecular weight is 340 g/mol. The summed E-state index contributed by atoms with van der Waals surface area (Å²) < 4.78 is 16.1. The van der Waals surface area contributed by atoms with E-state index in [1.165, 1.54) is 6.92 Å². The lowest BCUT2D eigenvalue weighted by Gasteiger charge is -2.31. The first-order chi connectivity index (χ1) is 10.9. The highest BCUT2D eigenvalue weighted by Gasteiger charge is 2.59. The van der Waals surface area contributed by atoms with Gasteiger partial charge < -0.3 is 14.2 Å². The monoisotopic (exact) mass is 340 g/mol. The molecule has 3 atom stereocenters. The van der Waals surface area contributed by atoms with E-state index in [1.54, 1.807) is 27.7 Å². The van der Waals surface area contributed by atoms with E-state index in [0.717, 1.165) is 12.8 Å². The highest BCUT2D eigenvalue weighted by molar-refractivity contribution is 5.93. The van der Waals surface area contributed by atoms with E-state index in [2.05, 4.69) is 6.58 Å². The van der Waals surface area contributed by atoms with E-state index >= 15 is 0 Å². The summed E-state index contributed by atoms with van der Waals surface area (Å²) >= 11 is 0. The maximum Gasteiger partial charge on any atom is 0.349 e. The Bertz CT molecular complexity index is 530. The van der Waals surface area contributed by atoms with Gasteiger partial charge in [0.05, 0.1) is 0 Å². The minimum atomic E-state index is -1.31. The first-order valence-corrected chi connectivity index (χ1v) is 8.23. The number of unbranched alkanes of at least 4 members (excludes halogenated alkanes) is 1. The van der Waals surface area contributed by atoms with Gasteiger partial charge in [0.25, 0.3) is 0 Å². The smallest absolute Gasteiger partial charge is 0.349 e. The first-order valence-electron chi connectivity index (χ1n) is 8.23. The number of rotatable bonds is 6. The Labute approximate surface area is 143 Å². The van der Waals surface area contributed by atoms with Crippen molar-refractivity contribution in [1.29, 1.82) is 0 Å². The van der Waals surface area contributed by atoms with Gasteiger partial charge in [0.1, 0.15) is 17.1 Å². The standard InChI is InChI=1S/C18H28O6/c1-8-9-10-18(7)12(15(20)23-17(4,5)6)13(16(21)24-18)22-14(19)11(2)3/h12-13H,2,8-10H2,1,3-7H3. The van der Waals surface area contributed by atoms with Crippen molar-refractivity contribution in [2.24, 2.45) is 5.92 Å². The molecule has 0 bridgehead atoms. The van der Waals surface area contributed by atoms with E-state index < -0.39 is 41.1 Å². The van der Waals surface area contributed by atoms with Crippen molar-refractivity contribution >= 4 is 17.9 Å². The van der Waals surface area contributed by atoms with Crippen LogP contribution in [-0.2, 0) is 28.6 Å². The van der Waals surface area contributed by atoms with E-state index in [4.69, 9.17) is 14.2 Å². The van der Waals surface area contributed by atoms with Crippen molar-refractivity contribution in [2.75, 3.05) is 0 Å². The molecule has 0 aliphatic carbocycles. The van der Waals surface area contributed by atoms with E-state index in [-0.39, 0.29) is 5.57 Å². The SMILES string of the molecule is C=C(C)C(=O)OC1C(=O)OC(C)(CCCC)C1C(=O)OC(C)(C)C. The molecule has 0 aromatic heterocycles. The van der Waals surface area contributed by atoms with Crippen LogP contribution in [0.3, 0.4) is 0 Å². The predicted molar refractivity (Wildman–Crippen MR) is 88.1 cm³/mol. The molecule has 3 unspecified atom stereocenters. The van der Waals surface area contributed by atoms with Crippen LogP contribution >= 0.6 is 0 Å². The highest BCUT2D eigenvalue weighted by atomic mass is 16.6. The van der Waals surface area contributed by atoms with Gasteiger partial charge in [-0.15, -0.1) is 0 Å². The summed E-state index contributed by atoms with van der Waals surface area (Å²) in [5, 5.41) is 0. The normalized spacial score (nSPS) is 26.7. The largest absolute Gasteiger partial charge is 0.460 e. The number of carbonyl (C=O) groups is 3. The van der Waals surface area contributed by atoms with Crippen LogP contribution in [0.1, 0.15) is 60.8 Å². The molecule has 1 fully saturated rings. The molecule has 1 rings (SSSR count). The van der Waals surface area contributed by atoms with E-state index in [9.17, 15) is 14.4 Å². The molecule has 0 aromatic carbocycles. The molecule has 6 nitrogen and oxygen atoms in total. The maximum atomic E-state index is 12.7. The molecule has 0 radical (unpaired) electrons. The topological polar surface area (TPSA) is 78.9 Å². The number of ether oxygens (including phenoxy) is 3. The lowest BCUT2D eigenvalue weighted by atomic mass is 9.83. The Morgan fingerprint density at radius 2 is 1.92 bits per heavy atom. The maximum absolute atomic E-state index is 12.7. The second kappa shape index (κ2) is 7.36. The van der Waals surface area contributed by atoms with Gasteiger partial charge in [-0.1, -0.05) is 19.9 Å². The third kappa shape index (κ3) is 4.82. The quantitative estimate of drug-likeness (QED) is 0.420. The van der Waals surface area contributed by atoms with E-state index in [1.807, 2.05) is 6.92 Å². The molecule has 0 aromatic rings. The Morgan fingerprint density at radius 3 is 2.38 bits per heavy atom. The van der Waals surface area contributed by atoms with Crippen molar-refractivity contribution in [3.05, 3.63) is 12.2 Å². The third-order valence-electron chi connectivity index (χ3n) is 3.80. The fraction of sp³-hybridized carbons (Fsp3) is 0.722. The summed E-state index contributed by atoms with van der Waals surface area (Å²) in [6.45, 7) is 13.9. The average Bonchev–Trinajstić information content (AvgIpc) is 2.66. The zero-order chi connectivity index (χ0) is 18.7. The number of carbonyl (C=O) groups excluding carboxylic acids is 3. The molecule has 0 amide bonds. The lowest BCUT2D eigenvalue weighted by Crippen LogP contribution is -2.45. The van der Waals surface area contributed by atoms with Crippen molar-refractivity contribution in [1.82, 2.24) is 0 Å². The molecule has 136 valence electrons.